The molecular formula is C27H28N4O. The number of carbonyl (C=O) groups excluding carboxylic acids is 1. The highest BCUT2D eigenvalue weighted by atomic mass is 16.1. The number of hydrogen-bond acceptors (Lipinski definition) is 3. The molecule has 3 heterocycles. The molecule has 0 unspecified atom stereocenters. The molecule has 5 rings (SSSR count). The molecule has 0 radical (unpaired) electrons. The molecule has 5 heteroatoms. The van der Waals surface area contributed by atoms with Crippen LogP contribution in [0.5, 0.6) is 0 Å². The molecule has 5 nitrogen and oxygen atoms in total. The average Bonchev–Trinajstić information content (AvgIpc) is 3.40. The van der Waals surface area contributed by atoms with Gasteiger partial charge < -0.3 is 15.6 Å². The Bertz CT molecular complexity index is 1280. The minimum atomic E-state index is -0.00815. The Hall–Kier alpha value is -3.44. The molecule has 1 amide bonds. The van der Waals surface area contributed by atoms with E-state index < -0.39 is 0 Å². The lowest BCUT2D eigenvalue weighted by Gasteiger charge is -2.11. The third kappa shape index (κ3) is 3.92. The van der Waals surface area contributed by atoms with E-state index in [1.54, 1.807) is 0 Å². The third-order valence-corrected chi connectivity index (χ3v) is 6.30. The van der Waals surface area contributed by atoms with Gasteiger partial charge in [-0.15, -0.1) is 0 Å². The van der Waals surface area contributed by atoms with Gasteiger partial charge in [-0.25, -0.2) is 0 Å². The molecule has 32 heavy (non-hydrogen) atoms. The first-order chi connectivity index (χ1) is 15.5. The zero-order valence-electron chi connectivity index (χ0n) is 18.8. The van der Waals surface area contributed by atoms with Crippen LogP contribution in [-0.4, -0.2) is 35.0 Å². The number of aromatic amines is 1. The molecular weight excluding hydrogens is 396 g/mol. The standard InChI is InChI=1S/C27H28N4O/c1-16-12-22(13-17(2)29-16)21-8-9-24-18(3)26(31-25(24)14-21)19-4-6-20(7-5-19)27(32)30-23-10-11-28-15-23/h4-9,12-14,23,28,31H,10-11,15H2,1-3H3,(H,30,32)/t23-/m0/s1. The minimum Gasteiger partial charge on any atom is -0.354 e. The quantitative estimate of drug-likeness (QED) is 0.436. The Morgan fingerprint density at radius 1 is 0.938 bits per heavy atom. The molecule has 162 valence electrons. The number of nitrogens with zero attached hydrogens (tertiary/aromatic N) is 1. The Kier molecular flexibility index (Phi) is 5.27. The zero-order chi connectivity index (χ0) is 22.2. The lowest BCUT2D eigenvalue weighted by atomic mass is 10.0. The molecule has 0 bridgehead atoms. The first kappa shape index (κ1) is 20.5. The van der Waals surface area contributed by atoms with E-state index in [4.69, 9.17) is 0 Å². The van der Waals surface area contributed by atoms with Gasteiger partial charge in [0.15, 0.2) is 0 Å². The maximum Gasteiger partial charge on any atom is 0.251 e. The van der Waals surface area contributed by atoms with E-state index in [2.05, 4.69) is 57.9 Å². The van der Waals surface area contributed by atoms with Crippen molar-refractivity contribution >= 4 is 16.8 Å². The van der Waals surface area contributed by atoms with Gasteiger partial charge in [-0.2, -0.15) is 0 Å². The highest BCUT2D eigenvalue weighted by Gasteiger charge is 2.18. The molecule has 1 atom stereocenters. The van der Waals surface area contributed by atoms with Crippen LogP contribution in [0.4, 0.5) is 0 Å². The maximum atomic E-state index is 12.5. The summed E-state index contributed by atoms with van der Waals surface area (Å²) in [6.07, 6.45) is 0.985. The number of carbonyl (C=O) groups is 1. The van der Waals surface area contributed by atoms with Gasteiger partial charge in [-0.1, -0.05) is 24.3 Å². The van der Waals surface area contributed by atoms with Gasteiger partial charge in [0.05, 0.1) is 0 Å². The Balaban J connectivity index is 1.43. The molecule has 1 aliphatic heterocycles. The monoisotopic (exact) mass is 424 g/mol. The summed E-state index contributed by atoms with van der Waals surface area (Å²) in [4.78, 5) is 20.6. The van der Waals surface area contributed by atoms with E-state index in [1.807, 2.05) is 38.1 Å². The van der Waals surface area contributed by atoms with Crippen LogP contribution >= 0.6 is 0 Å². The van der Waals surface area contributed by atoms with Crippen molar-refractivity contribution in [3.8, 4) is 22.4 Å². The predicted molar refractivity (Wildman–Crippen MR) is 130 cm³/mol. The van der Waals surface area contributed by atoms with Crippen molar-refractivity contribution in [2.45, 2.75) is 33.2 Å². The van der Waals surface area contributed by atoms with Gasteiger partial charge in [0.2, 0.25) is 0 Å². The number of benzene rings is 2. The number of aromatic nitrogens is 2. The van der Waals surface area contributed by atoms with E-state index in [1.165, 1.54) is 22.1 Å². The lowest BCUT2D eigenvalue weighted by molar-refractivity contribution is 0.0940. The second-order valence-electron chi connectivity index (χ2n) is 8.76. The normalized spacial score (nSPS) is 15.9. The fourth-order valence-corrected chi connectivity index (χ4v) is 4.64. The fourth-order valence-electron chi connectivity index (χ4n) is 4.64. The van der Waals surface area contributed by atoms with Crippen LogP contribution in [0.2, 0.25) is 0 Å². The second-order valence-corrected chi connectivity index (χ2v) is 8.76. The molecule has 4 aromatic rings. The first-order valence-electron chi connectivity index (χ1n) is 11.2. The average molecular weight is 425 g/mol. The van der Waals surface area contributed by atoms with Crippen molar-refractivity contribution in [3.05, 3.63) is 77.1 Å². The van der Waals surface area contributed by atoms with Gasteiger partial charge in [0.1, 0.15) is 0 Å². The SMILES string of the molecule is Cc1cc(-c2ccc3c(C)c(-c4ccc(C(=O)N[C@H]5CCNC5)cc4)[nH]c3c2)cc(C)n1. The second kappa shape index (κ2) is 8.24. The van der Waals surface area contributed by atoms with E-state index in [9.17, 15) is 4.79 Å². The molecule has 2 aromatic carbocycles. The van der Waals surface area contributed by atoms with E-state index >= 15 is 0 Å². The van der Waals surface area contributed by atoms with Crippen LogP contribution in [0.25, 0.3) is 33.3 Å². The number of nitrogens with one attached hydrogen (secondary N) is 3. The number of H-pyrrole nitrogens is 1. The largest absolute Gasteiger partial charge is 0.354 e. The zero-order valence-corrected chi connectivity index (χ0v) is 18.8. The highest BCUT2D eigenvalue weighted by molar-refractivity contribution is 5.96. The summed E-state index contributed by atoms with van der Waals surface area (Å²) in [6.45, 7) is 8.01. The third-order valence-electron chi connectivity index (χ3n) is 6.30. The van der Waals surface area contributed by atoms with Crippen molar-refractivity contribution < 1.29 is 4.79 Å². The van der Waals surface area contributed by atoms with Gasteiger partial charge in [-0.05, 0) is 86.3 Å². The summed E-state index contributed by atoms with van der Waals surface area (Å²) in [7, 11) is 0. The number of rotatable bonds is 4. The number of pyridine rings is 1. The summed E-state index contributed by atoms with van der Waals surface area (Å²) in [5.74, 6) is -0.00815. The van der Waals surface area contributed by atoms with Crippen LogP contribution in [0.15, 0.2) is 54.6 Å². The molecule has 3 N–H and O–H groups in total. The number of fused-ring (bicyclic) bond motifs is 1. The van der Waals surface area contributed by atoms with Crippen molar-refractivity contribution in [1.29, 1.82) is 0 Å². The Labute approximate surface area is 188 Å². The van der Waals surface area contributed by atoms with E-state index in [0.29, 0.717) is 5.56 Å². The van der Waals surface area contributed by atoms with Crippen molar-refractivity contribution in [2.24, 2.45) is 0 Å². The van der Waals surface area contributed by atoms with Crippen molar-refractivity contribution in [3.63, 3.8) is 0 Å². The number of amides is 1. The molecule has 0 aliphatic carbocycles. The maximum absolute atomic E-state index is 12.5. The smallest absolute Gasteiger partial charge is 0.251 e. The molecule has 0 saturated carbocycles. The lowest BCUT2D eigenvalue weighted by Crippen LogP contribution is -2.36. The fraction of sp³-hybridized carbons (Fsp3) is 0.259. The van der Waals surface area contributed by atoms with Gasteiger partial charge in [0.25, 0.3) is 5.91 Å². The van der Waals surface area contributed by atoms with Crippen LogP contribution in [0.1, 0.15) is 33.7 Å². The molecule has 0 spiro atoms. The van der Waals surface area contributed by atoms with Gasteiger partial charge >= 0.3 is 0 Å². The predicted octanol–water partition coefficient (Wildman–Crippen LogP) is 4.91. The number of aryl methyl sites for hydroxylation is 3. The first-order valence-corrected chi connectivity index (χ1v) is 11.2. The van der Waals surface area contributed by atoms with Crippen molar-refractivity contribution in [1.82, 2.24) is 20.6 Å². The van der Waals surface area contributed by atoms with Crippen LogP contribution in [0.3, 0.4) is 0 Å². The number of hydrogen-bond donors (Lipinski definition) is 3. The van der Waals surface area contributed by atoms with E-state index in [0.717, 1.165) is 47.7 Å². The highest BCUT2D eigenvalue weighted by Crippen LogP contribution is 2.32. The molecule has 1 saturated heterocycles. The van der Waals surface area contributed by atoms with Crippen LogP contribution in [0, 0.1) is 20.8 Å². The van der Waals surface area contributed by atoms with E-state index in [-0.39, 0.29) is 11.9 Å². The summed E-state index contributed by atoms with van der Waals surface area (Å²) in [5, 5.41) is 7.59. The topological polar surface area (TPSA) is 69.8 Å². The molecule has 1 fully saturated rings. The van der Waals surface area contributed by atoms with Crippen LogP contribution < -0.4 is 10.6 Å². The Morgan fingerprint density at radius 3 is 2.34 bits per heavy atom. The van der Waals surface area contributed by atoms with Gasteiger partial charge in [-0.3, -0.25) is 9.78 Å². The van der Waals surface area contributed by atoms with Crippen molar-refractivity contribution in [2.75, 3.05) is 13.1 Å². The molecule has 2 aromatic heterocycles. The minimum absolute atomic E-state index is 0.00815. The summed E-state index contributed by atoms with van der Waals surface area (Å²) in [6, 6.07) is 18.9. The summed E-state index contributed by atoms with van der Waals surface area (Å²) < 4.78 is 0. The van der Waals surface area contributed by atoms with Gasteiger partial charge in [0, 0.05) is 46.1 Å². The molecule has 1 aliphatic rings. The Morgan fingerprint density at radius 2 is 1.66 bits per heavy atom. The summed E-state index contributed by atoms with van der Waals surface area (Å²) in [5.41, 5.74) is 9.58. The van der Waals surface area contributed by atoms with Crippen LogP contribution in [-0.2, 0) is 0 Å². The summed E-state index contributed by atoms with van der Waals surface area (Å²) >= 11 is 0.